The first kappa shape index (κ1) is 17.1. The van der Waals surface area contributed by atoms with Gasteiger partial charge in [-0.3, -0.25) is 4.79 Å². The summed E-state index contributed by atoms with van der Waals surface area (Å²) in [5, 5.41) is 6.76. The van der Waals surface area contributed by atoms with E-state index in [1.807, 2.05) is 54.2 Å². The molecule has 3 amide bonds. The largest absolute Gasteiger partial charge is 0.350 e. The van der Waals surface area contributed by atoms with E-state index in [2.05, 4.69) is 10.6 Å². The molecule has 0 bridgehead atoms. The molecule has 1 aromatic heterocycles. The van der Waals surface area contributed by atoms with E-state index in [0.29, 0.717) is 16.9 Å². The molecule has 1 aliphatic rings. The fraction of sp³-hybridized carbons (Fsp3) is 0.238. The van der Waals surface area contributed by atoms with Crippen LogP contribution < -0.4 is 10.6 Å². The van der Waals surface area contributed by atoms with Gasteiger partial charge in [-0.15, -0.1) is 0 Å². The third-order valence-electron chi connectivity index (χ3n) is 4.95. The number of aromatic nitrogens is 1. The van der Waals surface area contributed by atoms with Crippen LogP contribution >= 0.6 is 0 Å². The second-order valence-electron chi connectivity index (χ2n) is 6.79. The average Bonchev–Trinajstić information content (AvgIpc) is 3.32. The van der Waals surface area contributed by atoms with Crippen molar-refractivity contribution in [2.75, 3.05) is 23.7 Å². The van der Waals surface area contributed by atoms with E-state index in [9.17, 15) is 9.59 Å². The fourth-order valence-corrected chi connectivity index (χ4v) is 3.53. The van der Waals surface area contributed by atoms with Crippen molar-refractivity contribution in [2.45, 2.75) is 12.8 Å². The maximum atomic E-state index is 12.9. The SMILES string of the molecule is Cn1cc(C(=O)Nc2ccccc2NC(=O)N2CCCC2)c2ccccc21. The summed E-state index contributed by atoms with van der Waals surface area (Å²) in [7, 11) is 1.92. The van der Waals surface area contributed by atoms with Crippen LogP contribution in [0.3, 0.4) is 0 Å². The number of fused-ring (bicyclic) bond motifs is 1. The summed E-state index contributed by atoms with van der Waals surface area (Å²) in [6.45, 7) is 1.55. The van der Waals surface area contributed by atoms with Crippen molar-refractivity contribution in [3.05, 3.63) is 60.3 Å². The second-order valence-corrected chi connectivity index (χ2v) is 6.79. The standard InChI is InChI=1S/C21H22N4O2/c1-24-14-16(15-8-2-5-11-19(15)24)20(26)22-17-9-3-4-10-18(17)23-21(27)25-12-6-7-13-25/h2-5,8-11,14H,6-7,12-13H2,1H3,(H,22,26)(H,23,27). The highest BCUT2D eigenvalue weighted by Crippen LogP contribution is 2.25. The van der Waals surface area contributed by atoms with Gasteiger partial charge in [0.1, 0.15) is 0 Å². The molecule has 27 heavy (non-hydrogen) atoms. The molecule has 2 aromatic carbocycles. The van der Waals surface area contributed by atoms with Gasteiger partial charge in [0.15, 0.2) is 0 Å². The number of para-hydroxylation sites is 3. The zero-order valence-corrected chi connectivity index (χ0v) is 15.2. The maximum absolute atomic E-state index is 12.9. The van der Waals surface area contributed by atoms with Crippen LogP contribution in [0.25, 0.3) is 10.9 Å². The minimum atomic E-state index is -0.199. The van der Waals surface area contributed by atoms with E-state index in [-0.39, 0.29) is 11.9 Å². The summed E-state index contributed by atoms with van der Waals surface area (Å²) in [6, 6.07) is 14.9. The Labute approximate surface area is 157 Å². The number of nitrogens with one attached hydrogen (secondary N) is 2. The van der Waals surface area contributed by atoms with Crippen molar-refractivity contribution in [1.82, 2.24) is 9.47 Å². The fourth-order valence-electron chi connectivity index (χ4n) is 3.53. The number of hydrogen-bond donors (Lipinski definition) is 2. The van der Waals surface area contributed by atoms with Crippen molar-refractivity contribution in [2.24, 2.45) is 7.05 Å². The van der Waals surface area contributed by atoms with Crippen molar-refractivity contribution >= 4 is 34.2 Å². The van der Waals surface area contributed by atoms with Gasteiger partial charge < -0.3 is 20.1 Å². The van der Waals surface area contributed by atoms with Crippen molar-refractivity contribution < 1.29 is 9.59 Å². The number of rotatable bonds is 3. The quantitative estimate of drug-likeness (QED) is 0.738. The zero-order chi connectivity index (χ0) is 18.8. The Morgan fingerprint density at radius 2 is 1.52 bits per heavy atom. The van der Waals surface area contributed by atoms with Crippen LogP contribution in [-0.4, -0.2) is 34.5 Å². The molecule has 1 fully saturated rings. The highest BCUT2D eigenvalue weighted by molar-refractivity contribution is 6.14. The number of nitrogens with zero attached hydrogens (tertiary/aromatic N) is 2. The van der Waals surface area contributed by atoms with E-state index in [0.717, 1.165) is 36.8 Å². The summed E-state index contributed by atoms with van der Waals surface area (Å²) in [4.78, 5) is 27.1. The predicted octanol–water partition coefficient (Wildman–Crippen LogP) is 4.06. The van der Waals surface area contributed by atoms with Gasteiger partial charge in [0, 0.05) is 37.2 Å². The third kappa shape index (κ3) is 3.38. The van der Waals surface area contributed by atoms with Gasteiger partial charge in [-0.25, -0.2) is 4.79 Å². The number of aryl methyl sites for hydroxylation is 1. The molecule has 2 N–H and O–H groups in total. The summed E-state index contributed by atoms with van der Waals surface area (Å²) < 4.78 is 1.94. The molecule has 3 aromatic rings. The summed E-state index contributed by atoms with van der Waals surface area (Å²) in [6.07, 6.45) is 3.89. The molecule has 1 saturated heterocycles. The van der Waals surface area contributed by atoms with Gasteiger partial charge in [0.25, 0.3) is 5.91 Å². The van der Waals surface area contributed by atoms with Crippen molar-refractivity contribution in [3.8, 4) is 0 Å². The molecule has 138 valence electrons. The van der Waals surface area contributed by atoms with E-state index < -0.39 is 0 Å². The Bertz CT molecular complexity index is 1000. The van der Waals surface area contributed by atoms with Crippen molar-refractivity contribution in [3.63, 3.8) is 0 Å². The van der Waals surface area contributed by atoms with Crippen LogP contribution in [0.15, 0.2) is 54.7 Å². The number of hydrogen-bond acceptors (Lipinski definition) is 2. The Hall–Kier alpha value is -3.28. The number of carbonyl (C=O) groups is 2. The van der Waals surface area contributed by atoms with Gasteiger partial charge in [-0.1, -0.05) is 30.3 Å². The monoisotopic (exact) mass is 362 g/mol. The molecule has 2 heterocycles. The molecular formula is C21H22N4O2. The highest BCUT2D eigenvalue weighted by Gasteiger charge is 2.20. The Morgan fingerprint density at radius 3 is 2.26 bits per heavy atom. The van der Waals surface area contributed by atoms with Crippen LogP contribution in [0, 0.1) is 0 Å². The molecule has 0 radical (unpaired) electrons. The van der Waals surface area contributed by atoms with Gasteiger partial charge >= 0.3 is 6.03 Å². The summed E-state index contributed by atoms with van der Waals surface area (Å²) >= 11 is 0. The molecule has 4 rings (SSSR count). The minimum Gasteiger partial charge on any atom is -0.350 e. The van der Waals surface area contributed by atoms with Gasteiger partial charge in [0.2, 0.25) is 0 Å². The molecule has 0 spiro atoms. The smallest absolute Gasteiger partial charge is 0.321 e. The first-order valence-corrected chi connectivity index (χ1v) is 9.14. The number of amides is 3. The van der Waals surface area contributed by atoms with E-state index in [1.165, 1.54) is 0 Å². The lowest BCUT2D eigenvalue weighted by Gasteiger charge is -2.18. The lowest BCUT2D eigenvalue weighted by Crippen LogP contribution is -2.32. The number of anilines is 2. The van der Waals surface area contributed by atoms with Crippen LogP contribution in [0.5, 0.6) is 0 Å². The molecule has 0 atom stereocenters. The van der Waals surface area contributed by atoms with E-state index >= 15 is 0 Å². The van der Waals surface area contributed by atoms with Crippen LogP contribution in [-0.2, 0) is 7.05 Å². The van der Waals surface area contributed by atoms with Crippen LogP contribution in [0.1, 0.15) is 23.2 Å². The lowest BCUT2D eigenvalue weighted by molar-refractivity contribution is 0.102. The number of carbonyl (C=O) groups excluding carboxylic acids is 2. The molecule has 0 aliphatic carbocycles. The third-order valence-corrected chi connectivity index (χ3v) is 4.95. The second kappa shape index (κ2) is 7.15. The number of urea groups is 1. The summed E-state index contributed by atoms with van der Waals surface area (Å²) in [5.41, 5.74) is 2.79. The van der Waals surface area contributed by atoms with Gasteiger partial charge in [-0.2, -0.15) is 0 Å². The van der Waals surface area contributed by atoms with Crippen LogP contribution in [0.2, 0.25) is 0 Å². The maximum Gasteiger partial charge on any atom is 0.321 e. The molecule has 6 heteroatoms. The zero-order valence-electron chi connectivity index (χ0n) is 15.2. The average molecular weight is 362 g/mol. The Kier molecular flexibility index (Phi) is 4.54. The Morgan fingerprint density at radius 1 is 0.889 bits per heavy atom. The highest BCUT2D eigenvalue weighted by atomic mass is 16.2. The van der Waals surface area contributed by atoms with Gasteiger partial charge in [0.05, 0.1) is 16.9 Å². The topological polar surface area (TPSA) is 66.4 Å². The first-order valence-electron chi connectivity index (χ1n) is 9.14. The minimum absolute atomic E-state index is 0.126. The first-order chi connectivity index (χ1) is 13.1. The Balaban J connectivity index is 1.57. The number of benzene rings is 2. The van der Waals surface area contributed by atoms with Crippen molar-refractivity contribution in [1.29, 1.82) is 0 Å². The lowest BCUT2D eigenvalue weighted by atomic mass is 10.1. The van der Waals surface area contributed by atoms with Gasteiger partial charge in [-0.05, 0) is 31.0 Å². The normalized spacial score (nSPS) is 13.7. The molecule has 0 saturated carbocycles. The van der Waals surface area contributed by atoms with E-state index in [1.54, 1.807) is 17.0 Å². The van der Waals surface area contributed by atoms with E-state index in [4.69, 9.17) is 0 Å². The summed E-state index contributed by atoms with van der Waals surface area (Å²) in [5.74, 6) is -0.199. The van der Waals surface area contributed by atoms with Crippen LogP contribution in [0.4, 0.5) is 16.2 Å². The molecular weight excluding hydrogens is 340 g/mol. The molecule has 0 unspecified atom stereocenters. The molecule has 6 nitrogen and oxygen atoms in total. The molecule has 1 aliphatic heterocycles. The number of likely N-dealkylation sites (tertiary alicyclic amines) is 1. The predicted molar refractivity (Wildman–Crippen MR) is 107 cm³/mol.